The normalized spacial score (nSPS) is 20.7. The van der Waals surface area contributed by atoms with Gasteiger partial charge >= 0.3 is 0 Å². The van der Waals surface area contributed by atoms with Crippen LogP contribution in [0.3, 0.4) is 0 Å². The number of amides is 2. The van der Waals surface area contributed by atoms with Crippen molar-refractivity contribution in [3.8, 4) is 6.07 Å². The molecule has 0 bridgehead atoms. The van der Waals surface area contributed by atoms with Crippen LogP contribution >= 0.6 is 11.8 Å². The smallest absolute Gasteiger partial charge is 0.278 e. The van der Waals surface area contributed by atoms with E-state index in [1.807, 2.05) is 67.6 Å². The van der Waals surface area contributed by atoms with Crippen LogP contribution in [0.4, 0.5) is 5.69 Å². The molecule has 0 aromatic heterocycles. The van der Waals surface area contributed by atoms with Gasteiger partial charge in [0.1, 0.15) is 16.7 Å². The van der Waals surface area contributed by atoms with E-state index in [0.717, 1.165) is 11.1 Å². The van der Waals surface area contributed by atoms with E-state index in [1.165, 1.54) is 16.7 Å². The Hall–Kier alpha value is -3.12. The van der Waals surface area contributed by atoms with Gasteiger partial charge in [0.05, 0.1) is 18.5 Å². The Balaban J connectivity index is 1.66. The third-order valence-electron chi connectivity index (χ3n) is 5.33. The van der Waals surface area contributed by atoms with Crippen molar-refractivity contribution in [2.75, 3.05) is 31.2 Å². The first kappa shape index (κ1) is 22.1. The lowest BCUT2D eigenvalue weighted by Gasteiger charge is -2.27. The summed E-state index contributed by atoms with van der Waals surface area (Å²) in [6, 6.07) is 19.2. The number of morpholine rings is 1. The van der Waals surface area contributed by atoms with Crippen molar-refractivity contribution in [2.45, 2.75) is 18.6 Å². The van der Waals surface area contributed by atoms with Crippen molar-refractivity contribution < 1.29 is 14.3 Å². The number of rotatable bonds is 5. The van der Waals surface area contributed by atoms with Gasteiger partial charge in [-0.2, -0.15) is 5.26 Å². The Morgan fingerprint density at radius 3 is 2.50 bits per heavy atom. The molecule has 0 radical (unpaired) electrons. The highest BCUT2D eigenvalue weighted by Gasteiger charge is 2.41. The van der Waals surface area contributed by atoms with E-state index >= 15 is 0 Å². The molecule has 8 heteroatoms. The van der Waals surface area contributed by atoms with Crippen LogP contribution in [-0.2, 0) is 20.7 Å². The van der Waals surface area contributed by atoms with Crippen LogP contribution in [-0.4, -0.2) is 48.4 Å². The van der Waals surface area contributed by atoms with Gasteiger partial charge in [-0.25, -0.2) is 5.01 Å². The molecular formula is C24H24N4O3S. The number of para-hydroxylation sites is 1. The predicted molar refractivity (Wildman–Crippen MR) is 123 cm³/mol. The highest BCUT2D eigenvalue weighted by Crippen LogP contribution is 2.41. The lowest BCUT2D eigenvalue weighted by molar-refractivity contribution is -0.123. The molecule has 0 aliphatic carbocycles. The molecule has 7 nitrogen and oxygen atoms in total. The molecule has 0 unspecified atom stereocenters. The van der Waals surface area contributed by atoms with Gasteiger partial charge in [0.25, 0.3) is 5.91 Å². The third kappa shape index (κ3) is 4.86. The molecule has 2 aliphatic heterocycles. The minimum absolute atomic E-state index is 0.0647. The number of nitrogens with zero attached hydrogens (tertiary/aromatic N) is 3. The fourth-order valence-electron chi connectivity index (χ4n) is 3.61. The number of hydrazine groups is 1. The van der Waals surface area contributed by atoms with E-state index < -0.39 is 11.2 Å². The van der Waals surface area contributed by atoms with E-state index in [4.69, 9.17) is 4.74 Å². The molecule has 2 amide bonds. The number of thioether (sulfide) groups is 1. The molecule has 0 saturated carbocycles. The summed E-state index contributed by atoms with van der Waals surface area (Å²) in [7, 11) is 0. The lowest BCUT2D eigenvalue weighted by atomic mass is 10.1. The molecule has 2 aromatic rings. The molecule has 164 valence electrons. The number of ether oxygens (including phenoxy) is 1. The second-order valence-corrected chi connectivity index (χ2v) is 8.83. The summed E-state index contributed by atoms with van der Waals surface area (Å²) in [5, 5.41) is 11.6. The second-order valence-electron chi connectivity index (χ2n) is 7.64. The molecule has 2 saturated heterocycles. The Morgan fingerprint density at radius 2 is 1.84 bits per heavy atom. The maximum absolute atomic E-state index is 13.4. The zero-order valence-electron chi connectivity index (χ0n) is 17.8. The summed E-state index contributed by atoms with van der Waals surface area (Å²) in [5.41, 5.74) is 5.54. The Bertz CT molecular complexity index is 1060. The van der Waals surface area contributed by atoms with Crippen LogP contribution in [0.1, 0.15) is 11.1 Å². The molecule has 1 atom stereocenters. The van der Waals surface area contributed by atoms with Crippen molar-refractivity contribution in [1.29, 1.82) is 5.26 Å². The summed E-state index contributed by atoms with van der Waals surface area (Å²) in [6.07, 6.45) is 0.514. The molecule has 32 heavy (non-hydrogen) atoms. The summed E-state index contributed by atoms with van der Waals surface area (Å²) in [6.45, 7) is 4.14. The monoisotopic (exact) mass is 448 g/mol. The van der Waals surface area contributed by atoms with Crippen LogP contribution in [0.25, 0.3) is 0 Å². The van der Waals surface area contributed by atoms with E-state index in [0.29, 0.717) is 43.4 Å². The first-order valence-corrected chi connectivity index (χ1v) is 11.3. The molecule has 2 heterocycles. The Morgan fingerprint density at radius 1 is 1.16 bits per heavy atom. The number of nitrogens with one attached hydrogen (secondary N) is 1. The van der Waals surface area contributed by atoms with E-state index in [-0.39, 0.29) is 11.5 Å². The number of carbonyl (C=O) groups excluding carboxylic acids is 2. The zero-order valence-corrected chi connectivity index (χ0v) is 18.6. The standard InChI is InChI=1S/C24H24N4O3S/c1-17-7-9-18(10-8-17)15-21-23(30)28(19-5-3-2-4-6-19)24(32-21)20(16-25)22(29)26-27-11-13-31-14-12-27/h2-10,21H,11-15H2,1H3,(H,26,29)/b24-20-/t21-/m1/s1. The topological polar surface area (TPSA) is 85.7 Å². The average molecular weight is 449 g/mol. The van der Waals surface area contributed by atoms with Crippen LogP contribution in [0.15, 0.2) is 65.2 Å². The molecule has 2 aliphatic rings. The average Bonchev–Trinajstić information content (AvgIpc) is 3.12. The highest BCUT2D eigenvalue weighted by atomic mass is 32.2. The number of aryl methyl sites for hydroxylation is 1. The number of carbonyl (C=O) groups is 2. The van der Waals surface area contributed by atoms with Crippen LogP contribution in [0.2, 0.25) is 0 Å². The molecule has 2 aromatic carbocycles. The molecule has 1 N–H and O–H groups in total. The van der Waals surface area contributed by atoms with Gasteiger partial charge in [-0.1, -0.05) is 59.8 Å². The number of anilines is 1. The van der Waals surface area contributed by atoms with E-state index in [2.05, 4.69) is 5.43 Å². The summed E-state index contributed by atoms with van der Waals surface area (Å²) in [5.74, 6) is -0.648. The fourth-order valence-corrected chi connectivity index (χ4v) is 4.92. The maximum Gasteiger partial charge on any atom is 0.278 e. The highest BCUT2D eigenvalue weighted by molar-refractivity contribution is 8.05. The van der Waals surface area contributed by atoms with Crippen LogP contribution in [0.5, 0.6) is 0 Å². The van der Waals surface area contributed by atoms with Gasteiger partial charge in [-0.15, -0.1) is 0 Å². The molecule has 4 rings (SSSR count). The quantitative estimate of drug-likeness (QED) is 0.559. The lowest BCUT2D eigenvalue weighted by Crippen LogP contribution is -2.49. The molecular weight excluding hydrogens is 424 g/mol. The van der Waals surface area contributed by atoms with Crippen LogP contribution < -0.4 is 10.3 Å². The Kier molecular flexibility index (Phi) is 6.90. The number of hydrogen-bond donors (Lipinski definition) is 1. The first-order chi connectivity index (χ1) is 15.6. The summed E-state index contributed by atoms with van der Waals surface area (Å²) < 4.78 is 5.31. The van der Waals surface area contributed by atoms with Gasteiger partial charge in [0.15, 0.2) is 0 Å². The van der Waals surface area contributed by atoms with Crippen molar-refractivity contribution in [3.05, 3.63) is 76.3 Å². The first-order valence-electron chi connectivity index (χ1n) is 10.5. The largest absolute Gasteiger partial charge is 0.379 e. The van der Waals surface area contributed by atoms with Crippen molar-refractivity contribution in [3.63, 3.8) is 0 Å². The second kappa shape index (κ2) is 10.0. The van der Waals surface area contributed by atoms with Crippen molar-refractivity contribution in [2.24, 2.45) is 0 Å². The van der Waals surface area contributed by atoms with E-state index in [9.17, 15) is 14.9 Å². The predicted octanol–water partition coefficient (Wildman–Crippen LogP) is 2.78. The van der Waals surface area contributed by atoms with Crippen LogP contribution in [0, 0.1) is 18.3 Å². The van der Waals surface area contributed by atoms with Gasteiger partial charge in [-0.05, 0) is 31.0 Å². The minimum atomic E-state index is -0.512. The van der Waals surface area contributed by atoms with Crippen molar-refractivity contribution >= 4 is 29.3 Å². The summed E-state index contributed by atoms with van der Waals surface area (Å²) in [4.78, 5) is 27.9. The number of benzene rings is 2. The van der Waals surface area contributed by atoms with Gasteiger partial charge in [-0.3, -0.25) is 19.9 Å². The zero-order chi connectivity index (χ0) is 22.5. The number of nitriles is 1. The molecule has 0 spiro atoms. The fraction of sp³-hybridized carbons (Fsp3) is 0.292. The van der Waals surface area contributed by atoms with Gasteiger partial charge in [0.2, 0.25) is 5.91 Å². The van der Waals surface area contributed by atoms with Gasteiger partial charge in [0, 0.05) is 18.8 Å². The molecule has 2 fully saturated rings. The summed E-state index contributed by atoms with van der Waals surface area (Å²) >= 11 is 1.27. The number of hydrogen-bond acceptors (Lipinski definition) is 6. The third-order valence-corrected chi connectivity index (χ3v) is 6.60. The van der Waals surface area contributed by atoms with Gasteiger partial charge < -0.3 is 4.74 Å². The van der Waals surface area contributed by atoms with Crippen molar-refractivity contribution in [1.82, 2.24) is 10.4 Å². The maximum atomic E-state index is 13.4. The Labute approximate surface area is 191 Å². The SMILES string of the molecule is Cc1ccc(C[C@H]2S/C(=C(/C#N)C(=O)NN3CCOCC3)N(c3ccccc3)C2=O)cc1. The van der Waals surface area contributed by atoms with E-state index in [1.54, 1.807) is 5.01 Å². The minimum Gasteiger partial charge on any atom is -0.379 e.